The molecule has 0 radical (unpaired) electrons. The molecule has 1 unspecified atom stereocenters. The van der Waals surface area contributed by atoms with Crippen LogP contribution in [0.5, 0.6) is 0 Å². The molecule has 3 nitrogen and oxygen atoms in total. The first-order chi connectivity index (χ1) is 10.3. The molecule has 0 bridgehead atoms. The number of amides is 1. The van der Waals surface area contributed by atoms with Crippen LogP contribution >= 0.6 is 23.2 Å². The highest BCUT2D eigenvalue weighted by Crippen LogP contribution is 2.28. The van der Waals surface area contributed by atoms with Crippen LogP contribution in [-0.2, 0) is 0 Å². The number of aromatic nitrogens is 1. The molecule has 0 saturated heterocycles. The van der Waals surface area contributed by atoms with E-state index in [0.717, 1.165) is 5.69 Å². The van der Waals surface area contributed by atoms with Gasteiger partial charge in [-0.1, -0.05) is 23.2 Å². The topological polar surface area (TPSA) is 42.0 Å². The second-order valence-corrected chi connectivity index (χ2v) is 5.88. The number of rotatable bonds is 3. The molecule has 2 aromatic rings. The van der Waals surface area contributed by atoms with Gasteiger partial charge < -0.3 is 5.32 Å². The lowest BCUT2D eigenvalue weighted by atomic mass is 10.1. The van der Waals surface area contributed by atoms with Gasteiger partial charge in [0.15, 0.2) is 0 Å². The van der Waals surface area contributed by atoms with Crippen LogP contribution < -0.4 is 5.32 Å². The van der Waals surface area contributed by atoms with E-state index < -0.39 is 11.9 Å². The molecule has 1 aromatic heterocycles. The van der Waals surface area contributed by atoms with E-state index in [9.17, 15) is 9.18 Å². The van der Waals surface area contributed by atoms with Crippen molar-refractivity contribution in [2.75, 3.05) is 0 Å². The number of carbonyl (C=O) groups excluding carboxylic acids is 1. The summed E-state index contributed by atoms with van der Waals surface area (Å²) in [4.78, 5) is 16.6. The largest absolute Gasteiger partial charge is 0.345 e. The van der Waals surface area contributed by atoms with Gasteiger partial charge in [-0.3, -0.25) is 9.78 Å². The minimum Gasteiger partial charge on any atom is -0.345 e. The summed E-state index contributed by atoms with van der Waals surface area (Å²) in [7, 11) is 0. The fourth-order valence-corrected chi connectivity index (χ4v) is 2.70. The molecule has 1 amide bonds. The zero-order chi connectivity index (χ0) is 16.4. The van der Waals surface area contributed by atoms with E-state index in [2.05, 4.69) is 10.3 Å². The Labute approximate surface area is 138 Å². The zero-order valence-corrected chi connectivity index (χ0v) is 13.9. The number of nitrogens with zero attached hydrogens (tertiary/aromatic N) is 1. The van der Waals surface area contributed by atoms with Gasteiger partial charge in [-0.15, -0.1) is 0 Å². The van der Waals surface area contributed by atoms with Gasteiger partial charge in [0.2, 0.25) is 0 Å². The first-order valence-corrected chi connectivity index (χ1v) is 7.44. The molecular formula is C16H15Cl2FN2O. The second kappa shape index (κ2) is 6.63. The van der Waals surface area contributed by atoms with Crippen molar-refractivity contribution in [1.29, 1.82) is 0 Å². The molecule has 22 heavy (non-hydrogen) atoms. The Kier molecular flexibility index (Phi) is 5.04. The Morgan fingerprint density at radius 3 is 2.55 bits per heavy atom. The SMILES string of the molecule is Cc1ccc(C(=O)NC(C)c2cc(F)c(Cl)cc2Cl)c(C)n1. The van der Waals surface area contributed by atoms with E-state index in [1.165, 1.54) is 12.1 Å². The quantitative estimate of drug-likeness (QED) is 0.827. The monoisotopic (exact) mass is 340 g/mol. The van der Waals surface area contributed by atoms with E-state index in [1.807, 2.05) is 6.92 Å². The minimum absolute atomic E-state index is 0.0501. The fraction of sp³-hybridized carbons (Fsp3) is 0.250. The van der Waals surface area contributed by atoms with Crippen molar-refractivity contribution in [2.24, 2.45) is 0 Å². The van der Waals surface area contributed by atoms with Crippen molar-refractivity contribution in [3.05, 3.63) is 62.6 Å². The number of benzene rings is 1. The van der Waals surface area contributed by atoms with Crippen molar-refractivity contribution in [3.63, 3.8) is 0 Å². The summed E-state index contributed by atoms with van der Waals surface area (Å²) in [5, 5.41) is 3.04. The number of hydrogen-bond acceptors (Lipinski definition) is 2. The Morgan fingerprint density at radius 1 is 1.23 bits per heavy atom. The summed E-state index contributed by atoms with van der Waals surface area (Å²) in [6, 6.07) is 5.57. The molecule has 116 valence electrons. The fourth-order valence-electron chi connectivity index (χ4n) is 2.15. The van der Waals surface area contributed by atoms with Crippen molar-refractivity contribution in [2.45, 2.75) is 26.8 Å². The predicted octanol–water partition coefficient (Wildman–Crippen LogP) is 4.64. The average molecular weight is 341 g/mol. The lowest BCUT2D eigenvalue weighted by Gasteiger charge is -2.17. The maximum absolute atomic E-state index is 13.6. The summed E-state index contributed by atoms with van der Waals surface area (Å²) in [5.41, 5.74) is 2.42. The van der Waals surface area contributed by atoms with Gasteiger partial charge in [0.1, 0.15) is 5.82 Å². The molecular weight excluding hydrogens is 326 g/mol. The van der Waals surface area contributed by atoms with E-state index in [0.29, 0.717) is 21.8 Å². The summed E-state index contributed by atoms with van der Waals surface area (Å²) >= 11 is 11.7. The van der Waals surface area contributed by atoms with Gasteiger partial charge in [-0.05, 0) is 50.6 Å². The molecule has 1 N–H and O–H groups in total. The predicted molar refractivity (Wildman–Crippen MR) is 86.0 cm³/mol. The van der Waals surface area contributed by atoms with Gasteiger partial charge in [0.25, 0.3) is 5.91 Å². The molecule has 1 heterocycles. The normalized spacial score (nSPS) is 12.1. The van der Waals surface area contributed by atoms with Crippen LogP contribution in [0.15, 0.2) is 24.3 Å². The molecule has 0 aliphatic carbocycles. The van der Waals surface area contributed by atoms with Crippen LogP contribution in [0.25, 0.3) is 0 Å². The minimum atomic E-state index is -0.574. The Balaban J connectivity index is 2.23. The molecule has 0 fully saturated rings. The Hall–Kier alpha value is -1.65. The van der Waals surface area contributed by atoms with Crippen LogP contribution in [0.3, 0.4) is 0 Å². The Morgan fingerprint density at radius 2 is 1.91 bits per heavy atom. The van der Waals surface area contributed by atoms with Gasteiger partial charge in [0.05, 0.1) is 22.3 Å². The number of nitrogens with one attached hydrogen (secondary N) is 1. The standard InChI is InChI=1S/C16H15Cl2FN2O/c1-8-4-5-11(9(2)20-8)16(22)21-10(3)12-6-15(19)14(18)7-13(12)17/h4-7,10H,1-3H3,(H,21,22). The van der Waals surface area contributed by atoms with Gasteiger partial charge in [-0.2, -0.15) is 0 Å². The summed E-state index contributed by atoms with van der Waals surface area (Å²) < 4.78 is 13.6. The maximum atomic E-state index is 13.6. The summed E-state index contributed by atoms with van der Waals surface area (Å²) in [6.45, 7) is 5.35. The van der Waals surface area contributed by atoms with E-state index in [4.69, 9.17) is 23.2 Å². The molecule has 1 atom stereocenters. The lowest BCUT2D eigenvalue weighted by Crippen LogP contribution is -2.27. The Bertz CT molecular complexity index is 734. The highest BCUT2D eigenvalue weighted by Gasteiger charge is 2.17. The molecule has 1 aromatic carbocycles. The van der Waals surface area contributed by atoms with Crippen LogP contribution in [0.1, 0.15) is 40.3 Å². The van der Waals surface area contributed by atoms with Gasteiger partial charge >= 0.3 is 0 Å². The summed E-state index contributed by atoms with van der Waals surface area (Å²) in [6.07, 6.45) is 0. The molecule has 0 aliphatic rings. The average Bonchev–Trinajstić information content (AvgIpc) is 2.42. The van der Waals surface area contributed by atoms with Crippen molar-refractivity contribution >= 4 is 29.1 Å². The smallest absolute Gasteiger partial charge is 0.253 e. The van der Waals surface area contributed by atoms with Crippen LogP contribution in [-0.4, -0.2) is 10.9 Å². The first-order valence-electron chi connectivity index (χ1n) is 6.69. The highest BCUT2D eigenvalue weighted by molar-refractivity contribution is 6.35. The van der Waals surface area contributed by atoms with Crippen molar-refractivity contribution in [1.82, 2.24) is 10.3 Å². The maximum Gasteiger partial charge on any atom is 0.253 e. The lowest BCUT2D eigenvalue weighted by molar-refractivity contribution is 0.0939. The number of pyridine rings is 1. The number of hydrogen-bond donors (Lipinski definition) is 1. The molecule has 0 saturated carbocycles. The molecule has 6 heteroatoms. The molecule has 2 rings (SSSR count). The third-order valence-electron chi connectivity index (χ3n) is 3.32. The summed E-state index contributed by atoms with van der Waals surface area (Å²) in [5.74, 6) is -0.862. The zero-order valence-electron chi connectivity index (χ0n) is 12.4. The van der Waals surface area contributed by atoms with Gasteiger partial charge in [-0.25, -0.2) is 4.39 Å². The highest BCUT2D eigenvalue weighted by atomic mass is 35.5. The van der Waals surface area contributed by atoms with Crippen molar-refractivity contribution in [3.8, 4) is 0 Å². The number of halogens is 3. The number of aryl methyl sites for hydroxylation is 2. The second-order valence-electron chi connectivity index (χ2n) is 5.07. The third-order valence-corrected chi connectivity index (χ3v) is 3.94. The first kappa shape index (κ1) is 16.7. The van der Waals surface area contributed by atoms with E-state index in [1.54, 1.807) is 26.0 Å². The van der Waals surface area contributed by atoms with E-state index in [-0.39, 0.29) is 10.9 Å². The molecule has 0 aliphatic heterocycles. The van der Waals surface area contributed by atoms with Gasteiger partial charge in [0, 0.05) is 10.7 Å². The number of carbonyl (C=O) groups is 1. The van der Waals surface area contributed by atoms with E-state index >= 15 is 0 Å². The van der Waals surface area contributed by atoms with Crippen LogP contribution in [0.4, 0.5) is 4.39 Å². The van der Waals surface area contributed by atoms with Crippen LogP contribution in [0, 0.1) is 19.7 Å². The third kappa shape index (κ3) is 3.57. The van der Waals surface area contributed by atoms with Crippen LogP contribution in [0.2, 0.25) is 10.0 Å². The van der Waals surface area contributed by atoms with Crippen molar-refractivity contribution < 1.29 is 9.18 Å². The molecule has 0 spiro atoms.